The summed E-state index contributed by atoms with van der Waals surface area (Å²) in [6.45, 7) is -0.295. The third-order valence-corrected chi connectivity index (χ3v) is 1.71. The predicted molar refractivity (Wildman–Crippen MR) is 61.7 cm³/mol. The Labute approximate surface area is 102 Å². The van der Waals surface area contributed by atoms with Gasteiger partial charge in [-0.3, -0.25) is 5.32 Å². The molecule has 0 aromatic heterocycles. The SMILES string of the molecule is O=C(Nc1ccccc1)OCC(Cl)(Cl)Cl. The van der Waals surface area contributed by atoms with Gasteiger partial charge in [-0.15, -0.1) is 0 Å². The van der Waals surface area contributed by atoms with E-state index < -0.39 is 9.89 Å². The molecule has 0 aliphatic rings. The zero-order chi connectivity index (χ0) is 11.3. The minimum atomic E-state index is -1.59. The van der Waals surface area contributed by atoms with Crippen LogP contribution in [0.4, 0.5) is 10.5 Å². The summed E-state index contributed by atoms with van der Waals surface area (Å²) >= 11 is 16.2. The number of alkyl halides is 3. The van der Waals surface area contributed by atoms with Crippen LogP contribution in [-0.4, -0.2) is 16.5 Å². The molecule has 0 fully saturated rings. The van der Waals surface area contributed by atoms with Gasteiger partial charge in [0, 0.05) is 5.69 Å². The van der Waals surface area contributed by atoms with Gasteiger partial charge in [-0.05, 0) is 12.1 Å². The van der Waals surface area contributed by atoms with Crippen LogP contribution in [-0.2, 0) is 4.74 Å². The van der Waals surface area contributed by atoms with Gasteiger partial charge in [-0.2, -0.15) is 0 Å². The number of benzene rings is 1. The van der Waals surface area contributed by atoms with Crippen molar-refractivity contribution in [2.24, 2.45) is 0 Å². The molecule has 1 aromatic rings. The second-order valence-electron chi connectivity index (χ2n) is 2.68. The summed E-state index contributed by atoms with van der Waals surface area (Å²) < 4.78 is 3.08. The number of ether oxygens (including phenoxy) is 1. The molecule has 1 amide bonds. The van der Waals surface area contributed by atoms with Crippen LogP contribution in [0, 0.1) is 0 Å². The molecule has 0 spiro atoms. The zero-order valence-corrected chi connectivity index (χ0v) is 9.81. The third-order valence-electron chi connectivity index (χ3n) is 1.39. The summed E-state index contributed by atoms with van der Waals surface area (Å²) in [6.07, 6.45) is -0.660. The van der Waals surface area contributed by atoms with Crippen LogP contribution < -0.4 is 5.32 Å². The lowest BCUT2D eigenvalue weighted by Gasteiger charge is -2.11. The van der Waals surface area contributed by atoms with Crippen molar-refractivity contribution in [2.75, 3.05) is 11.9 Å². The lowest BCUT2D eigenvalue weighted by molar-refractivity contribution is 0.164. The van der Waals surface area contributed by atoms with Crippen LogP contribution in [0.3, 0.4) is 0 Å². The molecule has 82 valence electrons. The lowest BCUT2D eigenvalue weighted by atomic mass is 10.3. The minimum Gasteiger partial charge on any atom is -0.445 e. The number of rotatable bonds is 2. The Kier molecular flexibility index (Phi) is 4.51. The highest BCUT2D eigenvalue weighted by molar-refractivity contribution is 6.67. The first kappa shape index (κ1) is 12.4. The molecule has 6 heteroatoms. The van der Waals surface area contributed by atoms with Crippen molar-refractivity contribution >= 4 is 46.6 Å². The summed E-state index contributed by atoms with van der Waals surface area (Å²) in [5.41, 5.74) is 0.617. The molecule has 3 nitrogen and oxygen atoms in total. The minimum absolute atomic E-state index is 0.295. The Balaban J connectivity index is 2.38. The van der Waals surface area contributed by atoms with Crippen LogP contribution in [0.25, 0.3) is 0 Å². The number of hydrogen-bond donors (Lipinski definition) is 1. The molecule has 1 aromatic carbocycles. The Morgan fingerprint density at radius 3 is 2.40 bits per heavy atom. The predicted octanol–water partition coefficient (Wildman–Crippen LogP) is 3.61. The van der Waals surface area contributed by atoms with Crippen LogP contribution in [0.5, 0.6) is 0 Å². The number of carbonyl (C=O) groups excluding carboxylic acids is 1. The van der Waals surface area contributed by atoms with Crippen molar-refractivity contribution < 1.29 is 9.53 Å². The van der Waals surface area contributed by atoms with Gasteiger partial charge in [0.25, 0.3) is 0 Å². The van der Waals surface area contributed by atoms with Gasteiger partial charge in [-0.25, -0.2) is 4.79 Å². The Hall–Kier alpha value is -0.640. The van der Waals surface area contributed by atoms with Crippen molar-refractivity contribution in [2.45, 2.75) is 3.79 Å². The van der Waals surface area contributed by atoms with Crippen LogP contribution >= 0.6 is 34.8 Å². The maximum atomic E-state index is 11.1. The van der Waals surface area contributed by atoms with Crippen molar-refractivity contribution in [3.8, 4) is 0 Å². The van der Waals surface area contributed by atoms with Gasteiger partial charge >= 0.3 is 6.09 Å². The lowest BCUT2D eigenvalue weighted by Crippen LogP contribution is -2.21. The molecule has 15 heavy (non-hydrogen) atoms. The molecule has 0 aliphatic heterocycles. The first-order valence-electron chi connectivity index (χ1n) is 4.03. The summed E-state index contributed by atoms with van der Waals surface area (Å²) in [5, 5.41) is 2.48. The van der Waals surface area contributed by atoms with Gasteiger partial charge in [0.05, 0.1) is 0 Å². The van der Waals surface area contributed by atoms with Crippen LogP contribution in [0.2, 0.25) is 0 Å². The van der Waals surface area contributed by atoms with E-state index in [1.54, 1.807) is 24.3 Å². The molecule has 0 saturated heterocycles. The van der Waals surface area contributed by atoms with E-state index in [4.69, 9.17) is 34.8 Å². The van der Waals surface area contributed by atoms with Crippen molar-refractivity contribution in [3.05, 3.63) is 30.3 Å². The molecule has 0 aliphatic carbocycles. The van der Waals surface area contributed by atoms with Crippen LogP contribution in [0.1, 0.15) is 0 Å². The molecular formula is C9H8Cl3NO2. The zero-order valence-electron chi connectivity index (χ0n) is 7.54. The van der Waals surface area contributed by atoms with Crippen molar-refractivity contribution in [1.82, 2.24) is 0 Å². The van der Waals surface area contributed by atoms with E-state index in [2.05, 4.69) is 10.1 Å². The van der Waals surface area contributed by atoms with E-state index >= 15 is 0 Å². The summed E-state index contributed by atoms with van der Waals surface area (Å²) in [5.74, 6) is 0. The fourth-order valence-electron chi connectivity index (χ4n) is 0.823. The number of anilines is 1. The number of para-hydroxylation sites is 1. The van der Waals surface area contributed by atoms with Crippen molar-refractivity contribution in [3.63, 3.8) is 0 Å². The van der Waals surface area contributed by atoms with Gasteiger partial charge in [-0.1, -0.05) is 53.0 Å². The van der Waals surface area contributed by atoms with Gasteiger partial charge < -0.3 is 4.74 Å². The van der Waals surface area contributed by atoms with Crippen molar-refractivity contribution in [1.29, 1.82) is 0 Å². The Bertz CT molecular complexity index is 324. The number of halogens is 3. The monoisotopic (exact) mass is 267 g/mol. The number of hydrogen-bond acceptors (Lipinski definition) is 2. The fraction of sp³-hybridized carbons (Fsp3) is 0.222. The molecule has 0 radical (unpaired) electrons. The first-order valence-corrected chi connectivity index (χ1v) is 5.16. The maximum absolute atomic E-state index is 11.1. The fourth-order valence-corrected chi connectivity index (χ4v) is 0.986. The largest absolute Gasteiger partial charge is 0.445 e. The van der Waals surface area contributed by atoms with E-state index in [1.807, 2.05) is 6.07 Å². The van der Waals surface area contributed by atoms with E-state index in [9.17, 15) is 4.79 Å². The van der Waals surface area contributed by atoms with E-state index in [1.165, 1.54) is 0 Å². The summed E-state index contributed by atoms with van der Waals surface area (Å²) in [7, 11) is 0. The Morgan fingerprint density at radius 1 is 1.27 bits per heavy atom. The maximum Gasteiger partial charge on any atom is 0.411 e. The summed E-state index contributed by atoms with van der Waals surface area (Å²) in [6, 6.07) is 8.83. The summed E-state index contributed by atoms with van der Waals surface area (Å²) in [4.78, 5) is 11.1. The highest BCUT2D eigenvalue weighted by Gasteiger charge is 2.22. The van der Waals surface area contributed by atoms with E-state index in [0.29, 0.717) is 5.69 Å². The molecule has 0 unspecified atom stereocenters. The smallest absolute Gasteiger partial charge is 0.411 e. The first-order chi connectivity index (χ1) is 6.97. The highest BCUT2D eigenvalue weighted by Crippen LogP contribution is 2.26. The second-order valence-corrected chi connectivity index (χ2v) is 5.20. The highest BCUT2D eigenvalue weighted by atomic mass is 35.6. The average Bonchev–Trinajstić information content (AvgIpc) is 2.15. The van der Waals surface area contributed by atoms with Gasteiger partial charge in [0.2, 0.25) is 3.79 Å². The molecule has 1 N–H and O–H groups in total. The van der Waals surface area contributed by atoms with Gasteiger partial charge in [0.15, 0.2) is 0 Å². The normalized spacial score (nSPS) is 10.9. The van der Waals surface area contributed by atoms with E-state index in [0.717, 1.165) is 0 Å². The third kappa shape index (κ3) is 5.72. The molecule has 1 rings (SSSR count). The Morgan fingerprint density at radius 2 is 1.87 bits per heavy atom. The topological polar surface area (TPSA) is 38.3 Å². The quantitative estimate of drug-likeness (QED) is 0.832. The number of carbonyl (C=O) groups is 1. The average molecular weight is 269 g/mol. The second kappa shape index (κ2) is 5.45. The van der Waals surface area contributed by atoms with Crippen LogP contribution in [0.15, 0.2) is 30.3 Å². The molecule has 0 atom stereocenters. The molecular weight excluding hydrogens is 260 g/mol. The van der Waals surface area contributed by atoms with Gasteiger partial charge in [0.1, 0.15) is 6.61 Å². The number of nitrogens with one attached hydrogen (secondary N) is 1. The van der Waals surface area contributed by atoms with E-state index in [-0.39, 0.29) is 6.61 Å². The molecule has 0 bridgehead atoms. The molecule has 0 saturated carbocycles. The number of amides is 1. The molecule has 0 heterocycles. The standard InChI is InChI=1S/C9H8Cl3NO2/c10-9(11,12)6-15-8(14)13-7-4-2-1-3-5-7/h1-5H,6H2,(H,13,14).